The van der Waals surface area contributed by atoms with E-state index in [2.05, 4.69) is 15.1 Å². The Kier molecular flexibility index (Phi) is 3.76. The number of hydrogen-bond acceptors (Lipinski definition) is 3. The minimum atomic E-state index is 0.135. The molecule has 1 aromatic heterocycles. The second-order valence-corrected chi connectivity index (χ2v) is 6.19. The van der Waals surface area contributed by atoms with Gasteiger partial charge in [0.15, 0.2) is 0 Å². The Bertz CT molecular complexity index is 659. The molecule has 0 spiro atoms. The molecule has 21 heavy (non-hydrogen) atoms. The molecule has 2 aromatic rings. The van der Waals surface area contributed by atoms with E-state index in [0.717, 1.165) is 42.5 Å². The van der Waals surface area contributed by atoms with E-state index in [9.17, 15) is 4.79 Å². The van der Waals surface area contributed by atoms with Gasteiger partial charge in [-0.25, -0.2) is 0 Å². The van der Waals surface area contributed by atoms with Crippen LogP contribution in [-0.2, 0) is 4.79 Å². The first kappa shape index (κ1) is 14.2. The molecule has 0 aliphatic carbocycles. The molecule has 5 nitrogen and oxygen atoms in total. The number of fused-ring (bicyclic) bond motifs is 1. The highest BCUT2D eigenvalue weighted by atomic mass is 35.5. The van der Waals surface area contributed by atoms with Crippen LogP contribution in [0.25, 0.3) is 10.9 Å². The molecule has 0 radical (unpaired) electrons. The fraction of sp³-hybridized carbons (Fsp3) is 0.467. The van der Waals surface area contributed by atoms with Crippen LogP contribution in [0.3, 0.4) is 0 Å². The van der Waals surface area contributed by atoms with E-state index in [1.165, 1.54) is 0 Å². The number of carbonyl (C=O) groups is 1. The van der Waals surface area contributed by atoms with Crippen LogP contribution in [0.15, 0.2) is 18.3 Å². The number of H-pyrrole nitrogens is 1. The molecule has 0 unspecified atom stereocenters. The van der Waals surface area contributed by atoms with E-state index in [-0.39, 0.29) is 11.8 Å². The van der Waals surface area contributed by atoms with Crippen LogP contribution in [0.1, 0.15) is 12.8 Å². The van der Waals surface area contributed by atoms with Crippen molar-refractivity contribution in [1.29, 1.82) is 0 Å². The van der Waals surface area contributed by atoms with Gasteiger partial charge < -0.3 is 9.80 Å². The largest absolute Gasteiger partial charge is 0.371 e. The van der Waals surface area contributed by atoms with Gasteiger partial charge in [0.2, 0.25) is 5.91 Å². The Morgan fingerprint density at radius 1 is 1.38 bits per heavy atom. The number of hydrogen-bond donors (Lipinski definition) is 1. The van der Waals surface area contributed by atoms with Gasteiger partial charge in [0.1, 0.15) is 0 Å². The van der Waals surface area contributed by atoms with Gasteiger partial charge in [-0.1, -0.05) is 11.6 Å². The maximum Gasteiger partial charge on any atom is 0.225 e. The minimum absolute atomic E-state index is 0.135. The highest BCUT2D eigenvalue weighted by molar-refractivity contribution is 6.31. The Hall–Kier alpha value is -1.75. The van der Waals surface area contributed by atoms with E-state index in [1.807, 2.05) is 32.4 Å². The summed E-state index contributed by atoms with van der Waals surface area (Å²) in [5.74, 6) is 0.365. The maximum atomic E-state index is 12.0. The smallest absolute Gasteiger partial charge is 0.225 e. The monoisotopic (exact) mass is 306 g/mol. The van der Waals surface area contributed by atoms with Gasteiger partial charge in [-0.3, -0.25) is 9.89 Å². The molecule has 112 valence electrons. The van der Waals surface area contributed by atoms with Gasteiger partial charge in [0.05, 0.1) is 11.7 Å². The molecule has 1 aliphatic rings. The summed E-state index contributed by atoms with van der Waals surface area (Å²) in [5, 5.41) is 8.84. The van der Waals surface area contributed by atoms with Crippen molar-refractivity contribution in [3.05, 3.63) is 23.4 Å². The quantitative estimate of drug-likeness (QED) is 0.927. The van der Waals surface area contributed by atoms with Gasteiger partial charge in [0.25, 0.3) is 0 Å². The summed E-state index contributed by atoms with van der Waals surface area (Å²) >= 11 is 6.19. The number of benzene rings is 1. The van der Waals surface area contributed by atoms with Crippen LogP contribution in [0.4, 0.5) is 5.69 Å². The van der Waals surface area contributed by atoms with E-state index < -0.39 is 0 Å². The summed E-state index contributed by atoms with van der Waals surface area (Å²) < 4.78 is 0. The third kappa shape index (κ3) is 2.70. The zero-order valence-corrected chi connectivity index (χ0v) is 13.0. The van der Waals surface area contributed by atoms with Crippen molar-refractivity contribution in [3.63, 3.8) is 0 Å². The number of nitrogens with one attached hydrogen (secondary N) is 1. The highest BCUT2D eigenvalue weighted by Gasteiger charge is 2.27. The summed E-state index contributed by atoms with van der Waals surface area (Å²) in [6.07, 6.45) is 3.59. The van der Waals surface area contributed by atoms with Crippen LogP contribution >= 0.6 is 11.6 Å². The fourth-order valence-electron chi connectivity index (χ4n) is 2.99. The predicted octanol–water partition coefficient (Wildman–Crippen LogP) is 2.52. The van der Waals surface area contributed by atoms with Crippen molar-refractivity contribution in [2.45, 2.75) is 12.8 Å². The van der Waals surface area contributed by atoms with Gasteiger partial charge >= 0.3 is 0 Å². The maximum absolute atomic E-state index is 12.0. The summed E-state index contributed by atoms with van der Waals surface area (Å²) in [6, 6.07) is 3.86. The molecule has 0 saturated carbocycles. The first-order chi connectivity index (χ1) is 10.1. The lowest BCUT2D eigenvalue weighted by Crippen LogP contribution is -2.40. The van der Waals surface area contributed by atoms with Crippen LogP contribution in [-0.4, -0.2) is 48.2 Å². The van der Waals surface area contributed by atoms with Crippen molar-refractivity contribution in [1.82, 2.24) is 15.1 Å². The number of carbonyl (C=O) groups excluding carboxylic acids is 1. The fourth-order valence-corrected chi connectivity index (χ4v) is 3.20. The summed E-state index contributed by atoms with van der Waals surface area (Å²) in [7, 11) is 3.64. The van der Waals surface area contributed by atoms with Crippen LogP contribution < -0.4 is 4.90 Å². The lowest BCUT2D eigenvalue weighted by Gasteiger charge is -2.34. The van der Waals surface area contributed by atoms with Gasteiger partial charge in [-0.15, -0.1) is 0 Å². The summed E-state index contributed by atoms with van der Waals surface area (Å²) in [4.78, 5) is 16.0. The lowest BCUT2D eigenvalue weighted by molar-refractivity contribution is -0.133. The van der Waals surface area contributed by atoms with Crippen molar-refractivity contribution in [2.75, 3.05) is 32.1 Å². The second-order valence-electron chi connectivity index (χ2n) is 5.75. The molecule has 1 amide bonds. The molecule has 1 fully saturated rings. The van der Waals surface area contributed by atoms with Crippen molar-refractivity contribution in [2.24, 2.45) is 5.92 Å². The Morgan fingerprint density at radius 3 is 2.76 bits per heavy atom. The normalized spacial score (nSPS) is 16.4. The topological polar surface area (TPSA) is 52.2 Å². The SMILES string of the molecule is CN(C)C(=O)C1CCN(c2cc(Cl)cc3[nH]ncc23)CC1. The molecule has 1 aromatic carbocycles. The molecule has 0 bridgehead atoms. The Labute approximate surface area is 128 Å². The number of rotatable bonds is 2. The van der Waals surface area contributed by atoms with E-state index >= 15 is 0 Å². The first-order valence-electron chi connectivity index (χ1n) is 7.15. The molecular weight excluding hydrogens is 288 g/mol. The minimum Gasteiger partial charge on any atom is -0.371 e. The van der Waals surface area contributed by atoms with Crippen LogP contribution in [0.2, 0.25) is 5.02 Å². The average molecular weight is 307 g/mol. The number of amides is 1. The zero-order chi connectivity index (χ0) is 15.0. The highest BCUT2D eigenvalue weighted by Crippen LogP contribution is 2.32. The molecule has 1 saturated heterocycles. The van der Waals surface area contributed by atoms with Crippen molar-refractivity contribution in [3.8, 4) is 0 Å². The zero-order valence-electron chi connectivity index (χ0n) is 12.3. The van der Waals surface area contributed by atoms with E-state index in [0.29, 0.717) is 5.02 Å². The molecule has 1 N–H and O–H groups in total. The van der Waals surface area contributed by atoms with E-state index in [4.69, 9.17) is 11.6 Å². The second kappa shape index (κ2) is 5.56. The third-order valence-corrected chi connectivity index (χ3v) is 4.35. The number of aromatic nitrogens is 2. The van der Waals surface area contributed by atoms with E-state index in [1.54, 1.807) is 4.90 Å². The number of halogens is 1. The molecular formula is C15H19ClN4O. The molecule has 3 rings (SSSR count). The van der Waals surface area contributed by atoms with Gasteiger partial charge in [-0.2, -0.15) is 5.10 Å². The third-order valence-electron chi connectivity index (χ3n) is 4.13. The Balaban J connectivity index is 1.80. The van der Waals surface area contributed by atoms with Crippen LogP contribution in [0.5, 0.6) is 0 Å². The lowest BCUT2D eigenvalue weighted by atomic mass is 9.95. The van der Waals surface area contributed by atoms with Gasteiger partial charge in [-0.05, 0) is 25.0 Å². The average Bonchev–Trinajstić information content (AvgIpc) is 2.93. The molecule has 0 atom stereocenters. The molecule has 6 heteroatoms. The molecule has 2 heterocycles. The molecule has 1 aliphatic heterocycles. The summed E-state index contributed by atoms with van der Waals surface area (Å²) in [6.45, 7) is 1.73. The Morgan fingerprint density at radius 2 is 2.10 bits per heavy atom. The summed E-state index contributed by atoms with van der Waals surface area (Å²) in [5.41, 5.74) is 2.05. The van der Waals surface area contributed by atoms with Gasteiger partial charge in [0, 0.05) is 49.2 Å². The first-order valence-corrected chi connectivity index (χ1v) is 7.53. The number of aromatic amines is 1. The number of nitrogens with zero attached hydrogens (tertiary/aromatic N) is 3. The van der Waals surface area contributed by atoms with Crippen molar-refractivity contribution < 1.29 is 4.79 Å². The standard InChI is InChI=1S/C15H19ClN4O/c1-19(2)15(21)10-3-5-20(6-4-10)14-8-11(16)7-13-12(14)9-17-18-13/h7-10H,3-6H2,1-2H3,(H,17,18). The number of anilines is 1. The predicted molar refractivity (Wildman–Crippen MR) is 84.7 cm³/mol. The van der Waals surface area contributed by atoms with Crippen LogP contribution in [0, 0.1) is 5.92 Å². The number of piperidine rings is 1. The van der Waals surface area contributed by atoms with Crippen molar-refractivity contribution >= 4 is 34.1 Å².